The molecule has 0 spiro atoms. The van der Waals surface area contributed by atoms with Gasteiger partial charge >= 0.3 is 5.97 Å². The van der Waals surface area contributed by atoms with Crippen molar-refractivity contribution in [2.75, 3.05) is 0 Å². The number of ether oxygens (including phenoxy) is 1. The first-order valence-corrected chi connectivity index (χ1v) is 12.1. The standard InChI is InChI=1S/C29H31N3O5/c1-16-21(25(34)20-11-6-5-10-19(20)24(16)33)14-29(31,27(36)37-28(2,3)4)26(35)22(30)13-17-15-32-23-12-8-7-9-18(17)23/h5-12,15,22,32H,13-14,30-31H2,1-4H3/t22-,29?/m0/s1. The van der Waals surface area contributed by atoms with Crippen molar-refractivity contribution in [2.24, 2.45) is 11.5 Å². The Bertz CT molecular complexity index is 1460. The lowest BCUT2D eigenvalue weighted by Gasteiger charge is -2.33. The minimum Gasteiger partial charge on any atom is -0.458 e. The Morgan fingerprint density at radius 1 is 0.973 bits per heavy atom. The van der Waals surface area contributed by atoms with Crippen molar-refractivity contribution >= 4 is 34.2 Å². The van der Waals surface area contributed by atoms with Gasteiger partial charge in [-0.25, -0.2) is 4.79 Å². The van der Waals surface area contributed by atoms with Crippen LogP contribution in [-0.4, -0.2) is 45.5 Å². The van der Waals surface area contributed by atoms with Crippen molar-refractivity contribution < 1.29 is 23.9 Å². The van der Waals surface area contributed by atoms with Crippen molar-refractivity contribution in [1.82, 2.24) is 4.98 Å². The van der Waals surface area contributed by atoms with Gasteiger partial charge in [0.1, 0.15) is 5.60 Å². The third kappa shape index (κ3) is 4.90. The fourth-order valence-corrected chi connectivity index (χ4v) is 4.63. The first-order valence-electron chi connectivity index (χ1n) is 12.1. The Balaban J connectivity index is 1.71. The molecule has 4 rings (SSSR count). The third-order valence-corrected chi connectivity index (χ3v) is 6.59. The zero-order chi connectivity index (χ0) is 27.1. The van der Waals surface area contributed by atoms with Gasteiger partial charge in [-0.05, 0) is 45.7 Å². The van der Waals surface area contributed by atoms with Crippen LogP contribution in [0.2, 0.25) is 0 Å². The number of fused-ring (bicyclic) bond motifs is 2. The number of rotatable bonds is 7. The highest BCUT2D eigenvalue weighted by Gasteiger charge is 2.49. The van der Waals surface area contributed by atoms with Crippen LogP contribution in [0, 0.1) is 0 Å². The average molecular weight is 502 g/mol. The van der Waals surface area contributed by atoms with E-state index in [1.165, 1.54) is 13.0 Å². The molecule has 2 atom stereocenters. The molecular formula is C29H31N3O5. The van der Waals surface area contributed by atoms with Gasteiger partial charge in [-0.15, -0.1) is 0 Å². The number of Topliss-reactive ketones (excluding diaryl/α,β-unsaturated/α-hetero) is 3. The number of nitrogens with one attached hydrogen (secondary N) is 1. The Hall–Kier alpha value is -3.88. The molecule has 37 heavy (non-hydrogen) atoms. The molecular weight excluding hydrogens is 470 g/mol. The molecule has 1 aromatic heterocycles. The normalized spacial score (nSPS) is 16.4. The lowest BCUT2D eigenvalue weighted by molar-refractivity contribution is -0.164. The van der Waals surface area contributed by atoms with Gasteiger partial charge in [-0.3, -0.25) is 14.4 Å². The average Bonchev–Trinajstić information content (AvgIpc) is 3.26. The number of carbonyl (C=O) groups excluding carboxylic acids is 4. The maximum atomic E-state index is 13.8. The van der Waals surface area contributed by atoms with E-state index in [-0.39, 0.29) is 34.5 Å². The minimum atomic E-state index is -2.28. The van der Waals surface area contributed by atoms with E-state index in [0.29, 0.717) is 0 Å². The van der Waals surface area contributed by atoms with Crippen LogP contribution in [0.15, 0.2) is 65.9 Å². The predicted molar refractivity (Wildman–Crippen MR) is 140 cm³/mol. The molecule has 1 heterocycles. The number of allylic oxidation sites excluding steroid dienone is 1. The molecule has 2 aromatic carbocycles. The van der Waals surface area contributed by atoms with Gasteiger partial charge in [-0.2, -0.15) is 0 Å². The van der Waals surface area contributed by atoms with E-state index >= 15 is 0 Å². The maximum absolute atomic E-state index is 13.8. The van der Waals surface area contributed by atoms with E-state index in [1.54, 1.807) is 45.2 Å². The van der Waals surface area contributed by atoms with Crippen molar-refractivity contribution in [2.45, 2.75) is 57.7 Å². The Kier molecular flexibility index (Phi) is 6.75. The molecule has 3 aromatic rings. The van der Waals surface area contributed by atoms with Gasteiger partial charge in [0.05, 0.1) is 6.04 Å². The van der Waals surface area contributed by atoms with E-state index in [9.17, 15) is 19.2 Å². The van der Waals surface area contributed by atoms with Gasteiger partial charge in [0, 0.05) is 45.8 Å². The zero-order valence-corrected chi connectivity index (χ0v) is 21.4. The SMILES string of the molecule is CC1=C(CC(N)(C(=O)OC(C)(C)C)C(=O)[C@@H](N)Cc2c[nH]c3ccccc23)C(=O)c2ccccc2C1=O. The molecule has 192 valence electrons. The molecule has 8 nitrogen and oxygen atoms in total. The number of aromatic amines is 1. The van der Waals surface area contributed by atoms with E-state index in [4.69, 9.17) is 16.2 Å². The van der Waals surface area contributed by atoms with E-state index in [0.717, 1.165) is 16.5 Å². The summed E-state index contributed by atoms with van der Waals surface area (Å²) < 4.78 is 5.52. The zero-order valence-electron chi connectivity index (χ0n) is 21.4. The summed E-state index contributed by atoms with van der Waals surface area (Å²) in [5.74, 6) is -2.58. The van der Waals surface area contributed by atoms with Crippen molar-refractivity contribution in [3.8, 4) is 0 Å². The third-order valence-electron chi connectivity index (χ3n) is 6.59. The number of hydrogen-bond acceptors (Lipinski definition) is 7. The molecule has 0 amide bonds. The van der Waals surface area contributed by atoms with Gasteiger partial charge < -0.3 is 21.2 Å². The molecule has 0 aliphatic heterocycles. The maximum Gasteiger partial charge on any atom is 0.334 e. The Morgan fingerprint density at radius 2 is 1.57 bits per heavy atom. The number of carbonyl (C=O) groups is 4. The first-order chi connectivity index (χ1) is 17.3. The number of ketones is 3. The first kappa shape index (κ1) is 26.2. The number of nitrogens with two attached hydrogens (primary N) is 2. The number of H-pyrrole nitrogens is 1. The monoisotopic (exact) mass is 501 g/mol. The minimum absolute atomic E-state index is 0.00436. The second-order valence-corrected chi connectivity index (χ2v) is 10.5. The highest BCUT2D eigenvalue weighted by Crippen LogP contribution is 2.32. The molecule has 0 bridgehead atoms. The fraction of sp³-hybridized carbons (Fsp3) is 0.310. The quantitative estimate of drug-likeness (QED) is 0.332. The van der Waals surface area contributed by atoms with Crippen LogP contribution in [-0.2, 0) is 20.7 Å². The van der Waals surface area contributed by atoms with Gasteiger partial charge in [0.25, 0.3) is 0 Å². The summed E-state index contributed by atoms with van der Waals surface area (Å²) >= 11 is 0. The summed E-state index contributed by atoms with van der Waals surface area (Å²) in [6.07, 6.45) is 1.36. The highest BCUT2D eigenvalue weighted by molar-refractivity contribution is 6.27. The topological polar surface area (TPSA) is 145 Å². The van der Waals surface area contributed by atoms with Crippen molar-refractivity contribution in [1.29, 1.82) is 0 Å². The predicted octanol–water partition coefficient (Wildman–Crippen LogP) is 3.43. The smallest absolute Gasteiger partial charge is 0.334 e. The number of aromatic nitrogens is 1. The van der Waals surface area contributed by atoms with Crippen LogP contribution in [0.1, 0.15) is 60.4 Å². The lowest BCUT2D eigenvalue weighted by atomic mass is 9.76. The van der Waals surface area contributed by atoms with Crippen LogP contribution in [0.4, 0.5) is 0 Å². The van der Waals surface area contributed by atoms with Gasteiger partial charge in [-0.1, -0.05) is 42.5 Å². The van der Waals surface area contributed by atoms with Crippen LogP contribution in [0.25, 0.3) is 10.9 Å². The summed E-state index contributed by atoms with van der Waals surface area (Å²) in [7, 11) is 0. The summed E-state index contributed by atoms with van der Waals surface area (Å²) in [5.41, 5.74) is 12.0. The number of para-hydroxylation sites is 1. The number of benzene rings is 2. The number of esters is 1. The van der Waals surface area contributed by atoms with E-state index in [2.05, 4.69) is 4.98 Å². The molecule has 1 aliphatic carbocycles. The van der Waals surface area contributed by atoms with Crippen molar-refractivity contribution in [3.63, 3.8) is 0 Å². The lowest BCUT2D eigenvalue weighted by Crippen LogP contribution is -2.62. The van der Waals surface area contributed by atoms with Crippen molar-refractivity contribution in [3.05, 3.63) is 82.6 Å². The molecule has 8 heteroatoms. The summed E-state index contributed by atoms with van der Waals surface area (Å²) in [6.45, 7) is 6.45. The Labute approximate surface area is 215 Å². The van der Waals surface area contributed by atoms with Gasteiger partial charge in [0.15, 0.2) is 22.9 Å². The summed E-state index contributed by atoms with van der Waals surface area (Å²) in [5, 5.41) is 0.897. The van der Waals surface area contributed by atoms with Crippen LogP contribution < -0.4 is 11.5 Å². The fourth-order valence-electron chi connectivity index (χ4n) is 4.63. The molecule has 1 aliphatic rings. The molecule has 0 radical (unpaired) electrons. The summed E-state index contributed by atoms with van der Waals surface area (Å²) in [4.78, 5) is 56.7. The van der Waals surface area contributed by atoms with Crippen LogP contribution in [0.5, 0.6) is 0 Å². The van der Waals surface area contributed by atoms with Crippen LogP contribution in [0.3, 0.4) is 0 Å². The number of hydrogen-bond donors (Lipinski definition) is 3. The molecule has 0 saturated heterocycles. The van der Waals surface area contributed by atoms with E-state index in [1.807, 2.05) is 24.3 Å². The summed E-state index contributed by atoms with van der Waals surface area (Å²) in [6, 6.07) is 12.8. The highest BCUT2D eigenvalue weighted by atomic mass is 16.6. The second-order valence-electron chi connectivity index (χ2n) is 10.5. The molecule has 0 saturated carbocycles. The second kappa shape index (κ2) is 9.53. The molecule has 1 unspecified atom stereocenters. The Morgan fingerprint density at radius 3 is 2.22 bits per heavy atom. The van der Waals surface area contributed by atoms with Gasteiger partial charge in [0.2, 0.25) is 0 Å². The largest absolute Gasteiger partial charge is 0.458 e. The van der Waals surface area contributed by atoms with E-state index < -0.39 is 41.1 Å². The molecule has 0 fully saturated rings. The molecule has 5 N–H and O–H groups in total. The van der Waals surface area contributed by atoms with Crippen LogP contribution >= 0.6 is 0 Å².